The molecule has 4 heteroatoms. The summed E-state index contributed by atoms with van der Waals surface area (Å²) >= 11 is 0. The lowest BCUT2D eigenvalue weighted by atomic mass is 9.72. The third-order valence-corrected chi connectivity index (χ3v) is 4.74. The maximum absolute atomic E-state index is 12.7. The number of hydrogen-bond donors (Lipinski definition) is 1. The van der Waals surface area contributed by atoms with Crippen molar-refractivity contribution < 1.29 is 9.53 Å². The number of morpholine rings is 1. The van der Waals surface area contributed by atoms with E-state index in [1.54, 1.807) is 0 Å². The van der Waals surface area contributed by atoms with E-state index < -0.39 is 0 Å². The minimum atomic E-state index is 0.101. The Morgan fingerprint density at radius 2 is 1.63 bits per heavy atom. The monoisotopic (exact) mass is 268 g/mol. The first kappa shape index (κ1) is 14.8. The first-order valence-corrected chi connectivity index (χ1v) is 7.58. The summed E-state index contributed by atoms with van der Waals surface area (Å²) < 4.78 is 5.70. The van der Waals surface area contributed by atoms with Crippen molar-refractivity contribution in [3.63, 3.8) is 0 Å². The Balaban J connectivity index is 2.02. The van der Waals surface area contributed by atoms with Gasteiger partial charge in [0.25, 0.3) is 0 Å². The van der Waals surface area contributed by atoms with Crippen LogP contribution in [0.15, 0.2) is 0 Å². The molecular weight excluding hydrogens is 240 g/mol. The highest BCUT2D eigenvalue weighted by Gasteiger charge is 2.38. The molecular formula is C15H28N2O2. The van der Waals surface area contributed by atoms with Crippen LogP contribution in [0, 0.1) is 17.8 Å². The van der Waals surface area contributed by atoms with E-state index in [9.17, 15) is 4.79 Å². The van der Waals surface area contributed by atoms with E-state index in [1.165, 1.54) is 0 Å². The Labute approximate surface area is 116 Å². The van der Waals surface area contributed by atoms with Gasteiger partial charge in [0.2, 0.25) is 5.91 Å². The van der Waals surface area contributed by atoms with Crippen LogP contribution in [0.5, 0.6) is 0 Å². The normalized spacial score (nSPS) is 44.2. The fraction of sp³-hybridized carbons (Fsp3) is 0.933. The number of hydrogen-bond acceptors (Lipinski definition) is 3. The fourth-order valence-corrected chi connectivity index (χ4v) is 3.62. The van der Waals surface area contributed by atoms with Gasteiger partial charge in [-0.3, -0.25) is 4.79 Å². The maximum Gasteiger partial charge on any atom is 0.226 e. The molecule has 2 fully saturated rings. The Hall–Kier alpha value is -0.610. The first-order chi connectivity index (χ1) is 8.88. The highest BCUT2D eigenvalue weighted by Crippen LogP contribution is 2.34. The van der Waals surface area contributed by atoms with E-state index in [2.05, 4.69) is 13.8 Å². The number of nitrogens with two attached hydrogens (primary N) is 1. The molecule has 2 rings (SSSR count). The van der Waals surface area contributed by atoms with Crippen molar-refractivity contribution >= 4 is 5.91 Å². The van der Waals surface area contributed by atoms with E-state index in [1.807, 2.05) is 18.7 Å². The van der Waals surface area contributed by atoms with Gasteiger partial charge in [-0.1, -0.05) is 13.8 Å². The van der Waals surface area contributed by atoms with Gasteiger partial charge in [0.05, 0.1) is 12.2 Å². The molecule has 1 aliphatic carbocycles. The van der Waals surface area contributed by atoms with Crippen molar-refractivity contribution in [3.8, 4) is 0 Å². The molecule has 0 bridgehead atoms. The van der Waals surface area contributed by atoms with Crippen LogP contribution in [-0.4, -0.2) is 42.1 Å². The van der Waals surface area contributed by atoms with Crippen LogP contribution in [-0.2, 0) is 9.53 Å². The molecule has 0 spiro atoms. The molecule has 4 nitrogen and oxygen atoms in total. The largest absolute Gasteiger partial charge is 0.372 e. The Morgan fingerprint density at radius 3 is 2.21 bits per heavy atom. The van der Waals surface area contributed by atoms with Gasteiger partial charge in [-0.2, -0.15) is 0 Å². The maximum atomic E-state index is 12.7. The molecule has 0 aromatic carbocycles. The molecule has 19 heavy (non-hydrogen) atoms. The predicted molar refractivity (Wildman–Crippen MR) is 75.6 cm³/mol. The number of rotatable bonds is 1. The fourth-order valence-electron chi connectivity index (χ4n) is 3.62. The average Bonchev–Trinajstić information content (AvgIpc) is 2.31. The minimum Gasteiger partial charge on any atom is -0.372 e. The van der Waals surface area contributed by atoms with Gasteiger partial charge in [0.15, 0.2) is 0 Å². The van der Waals surface area contributed by atoms with Gasteiger partial charge in [-0.25, -0.2) is 0 Å². The summed E-state index contributed by atoms with van der Waals surface area (Å²) in [6, 6.07) is 0.168. The molecule has 1 saturated carbocycles. The summed E-state index contributed by atoms with van der Waals surface area (Å²) in [7, 11) is 0. The number of nitrogens with zero attached hydrogens (tertiary/aromatic N) is 1. The van der Waals surface area contributed by atoms with Crippen molar-refractivity contribution in [1.82, 2.24) is 4.90 Å². The van der Waals surface area contributed by atoms with Crippen molar-refractivity contribution in [2.75, 3.05) is 13.1 Å². The highest BCUT2D eigenvalue weighted by atomic mass is 16.5. The quantitative estimate of drug-likeness (QED) is 0.786. The predicted octanol–water partition coefficient (Wildman–Crippen LogP) is 1.63. The Kier molecular flexibility index (Phi) is 4.51. The van der Waals surface area contributed by atoms with Gasteiger partial charge in [0.1, 0.15) is 0 Å². The first-order valence-electron chi connectivity index (χ1n) is 7.58. The second-order valence-corrected chi connectivity index (χ2v) is 6.70. The van der Waals surface area contributed by atoms with E-state index in [4.69, 9.17) is 10.5 Å². The third kappa shape index (κ3) is 3.29. The second kappa shape index (κ2) is 5.80. The summed E-state index contributed by atoms with van der Waals surface area (Å²) in [5.74, 6) is 1.36. The lowest BCUT2D eigenvalue weighted by Gasteiger charge is -2.41. The molecule has 2 N–H and O–H groups in total. The van der Waals surface area contributed by atoms with Crippen molar-refractivity contribution in [2.45, 2.75) is 58.8 Å². The van der Waals surface area contributed by atoms with Crippen molar-refractivity contribution in [3.05, 3.63) is 0 Å². The molecule has 0 aromatic rings. The minimum absolute atomic E-state index is 0.101. The van der Waals surface area contributed by atoms with Crippen LogP contribution < -0.4 is 5.73 Å². The average molecular weight is 268 g/mol. The molecule has 1 saturated heterocycles. The molecule has 0 radical (unpaired) electrons. The second-order valence-electron chi connectivity index (χ2n) is 6.70. The summed E-state index contributed by atoms with van der Waals surface area (Å²) in [5.41, 5.74) is 6.16. The zero-order valence-corrected chi connectivity index (χ0v) is 12.6. The highest BCUT2D eigenvalue weighted by molar-refractivity contribution is 5.79. The van der Waals surface area contributed by atoms with Crippen molar-refractivity contribution in [1.29, 1.82) is 0 Å². The summed E-state index contributed by atoms with van der Waals surface area (Å²) in [5, 5.41) is 0. The molecule has 4 unspecified atom stereocenters. The van der Waals surface area contributed by atoms with E-state index in [-0.39, 0.29) is 30.1 Å². The number of ether oxygens (including phenoxy) is 1. The van der Waals surface area contributed by atoms with Gasteiger partial charge in [0, 0.05) is 25.0 Å². The SMILES string of the molecule is CC1CC(C)C(C(=O)N2C[C@@H](C)O[C@@H](C)C2)CC1N. The standard InChI is InChI=1S/C15H28N2O2/c1-9-5-10(2)14(16)6-13(9)15(18)17-7-11(3)19-12(4)8-17/h9-14H,5-8,16H2,1-4H3/t9?,10?,11-,12+,13?,14?. The van der Waals surface area contributed by atoms with Crippen molar-refractivity contribution in [2.24, 2.45) is 23.5 Å². The molecule has 2 aliphatic rings. The molecule has 0 aromatic heterocycles. The molecule has 110 valence electrons. The topological polar surface area (TPSA) is 55.6 Å². The Bertz CT molecular complexity index is 324. The van der Waals surface area contributed by atoms with Crippen LogP contribution >= 0.6 is 0 Å². The zero-order chi connectivity index (χ0) is 14.2. The summed E-state index contributed by atoms with van der Waals surface area (Å²) in [6.45, 7) is 9.90. The van der Waals surface area contributed by atoms with Gasteiger partial charge < -0.3 is 15.4 Å². The van der Waals surface area contributed by atoms with E-state index in [0.717, 1.165) is 25.9 Å². The summed E-state index contributed by atoms with van der Waals surface area (Å²) in [4.78, 5) is 14.7. The van der Waals surface area contributed by atoms with Crippen LogP contribution in [0.4, 0.5) is 0 Å². The third-order valence-electron chi connectivity index (χ3n) is 4.74. The molecule has 1 aliphatic heterocycles. The van der Waals surface area contributed by atoms with E-state index in [0.29, 0.717) is 11.8 Å². The van der Waals surface area contributed by atoms with E-state index >= 15 is 0 Å². The van der Waals surface area contributed by atoms with Crippen LogP contribution in [0.25, 0.3) is 0 Å². The molecule has 1 amide bonds. The smallest absolute Gasteiger partial charge is 0.226 e. The zero-order valence-electron chi connectivity index (χ0n) is 12.6. The van der Waals surface area contributed by atoms with Gasteiger partial charge >= 0.3 is 0 Å². The Morgan fingerprint density at radius 1 is 1.05 bits per heavy atom. The number of amides is 1. The number of carbonyl (C=O) groups excluding carboxylic acids is 1. The van der Waals surface area contributed by atoms with Crippen LogP contribution in [0.1, 0.15) is 40.5 Å². The number of carbonyl (C=O) groups is 1. The lowest BCUT2D eigenvalue weighted by molar-refractivity contribution is -0.150. The lowest BCUT2D eigenvalue weighted by Crippen LogP contribution is -2.53. The van der Waals surface area contributed by atoms with Crippen LogP contribution in [0.3, 0.4) is 0 Å². The van der Waals surface area contributed by atoms with Gasteiger partial charge in [-0.15, -0.1) is 0 Å². The van der Waals surface area contributed by atoms with Gasteiger partial charge in [-0.05, 0) is 38.5 Å². The molecule has 1 heterocycles. The summed E-state index contributed by atoms with van der Waals surface area (Å²) in [6.07, 6.45) is 2.17. The molecule has 6 atom stereocenters. The van der Waals surface area contributed by atoms with Crippen LogP contribution in [0.2, 0.25) is 0 Å².